The molecule has 0 aliphatic carbocycles. The lowest BCUT2D eigenvalue weighted by Crippen LogP contribution is -1.91. The monoisotopic (exact) mass is 340 g/mol. The second-order valence-corrected chi connectivity index (χ2v) is 6.26. The molecule has 0 atom stereocenters. The van der Waals surface area contributed by atoms with Crippen LogP contribution in [-0.2, 0) is 0 Å². The molecule has 0 spiro atoms. The quantitative estimate of drug-likeness (QED) is 0.331. The molecule has 0 saturated heterocycles. The summed E-state index contributed by atoms with van der Waals surface area (Å²) in [5.74, 6) is 1.62. The van der Waals surface area contributed by atoms with Gasteiger partial charge in [0.25, 0.3) is 0 Å². The second-order valence-electron chi connectivity index (χ2n) is 6.26. The molecule has 4 aromatic carbocycles. The van der Waals surface area contributed by atoms with Crippen LogP contribution in [0.15, 0.2) is 60.7 Å². The van der Waals surface area contributed by atoms with Gasteiger partial charge in [-0.2, -0.15) is 0 Å². The van der Waals surface area contributed by atoms with Gasteiger partial charge in [0.1, 0.15) is 11.5 Å². The lowest BCUT2D eigenvalue weighted by atomic mass is 10.1. The van der Waals surface area contributed by atoms with Crippen LogP contribution in [0.3, 0.4) is 0 Å². The molecule has 4 nitrogen and oxygen atoms in total. The van der Waals surface area contributed by atoms with E-state index in [1.807, 2.05) is 48.5 Å². The van der Waals surface area contributed by atoms with Crippen molar-refractivity contribution in [3.8, 4) is 11.5 Å². The van der Waals surface area contributed by atoms with Crippen molar-refractivity contribution in [2.24, 2.45) is 0 Å². The van der Waals surface area contributed by atoms with Crippen molar-refractivity contribution in [1.29, 1.82) is 0 Å². The first-order valence-corrected chi connectivity index (χ1v) is 8.42. The normalized spacial score (nSPS) is 11.5. The van der Waals surface area contributed by atoms with Crippen LogP contribution in [0, 0.1) is 0 Å². The van der Waals surface area contributed by atoms with Gasteiger partial charge in [-0.1, -0.05) is 24.3 Å². The Morgan fingerprint density at radius 1 is 0.577 bits per heavy atom. The minimum absolute atomic E-state index is 0.812. The molecular weight excluding hydrogens is 324 g/mol. The Morgan fingerprint density at radius 3 is 1.50 bits per heavy atom. The molecule has 0 aliphatic heterocycles. The molecule has 0 saturated carbocycles. The van der Waals surface area contributed by atoms with Crippen LogP contribution >= 0.6 is 0 Å². The molecule has 0 radical (unpaired) electrons. The van der Waals surface area contributed by atoms with Gasteiger partial charge in [-0.25, -0.2) is 9.97 Å². The van der Waals surface area contributed by atoms with Crippen LogP contribution in [0.4, 0.5) is 0 Å². The van der Waals surface area contributed by atoms with Crippen molar-refractivity contribution in [2.75, 3.05) is 14.2 Å². The number of methoxy groups -OCH3 is 2. The molecule has 5 rings (SSSR count). The van der Waals surface area contributed by atoms with Gasteiger partial charge in [-0.05, 0) is 47.2 Å². The number of fused-ring (bicyclic) bond motifs is 6. The average molecular weight is 340 g/mol. The first kappa shape index (κ1) is 14.9. The predicted molar refractivity (Wildman–Crippen MR) is 105 cm³/mol. The minimum Gasteiger partial charge on any atom is -0.497 e. The highest BCUT2D eigenvalue weighted by atomic mass is 16.5. The predicted octanol–water partition coefficient (Wildman–Crippen LogP) is 5.11. The Hall–Kier alpha value is -3.40. The van der Waals surface area contributed by atoms with Gasteiger partial charge in [0, 0.05) is 10.8 Å². The van der Waals surface area contributed by atoms with Crippen LogP contribution in [-0.4, -0.2) is 24.2 Å². The summed E-state index contributed by atoms with van der Waals surface area (Å²) in [5, 5.41) is 4.31. The number of aromatic nitrogens is 2. The van der Waals surface area contributed by atoms with Gasteiger partial charge in [-0.15, -0.1) is 0 Å². The van der Waals surface area contributed by atoms with E-state index in [1.165, 1.54) is 0 Å². The SMILES string of the molecule is COc1ccc2ccc3nc4ccc5ccc(OC)cc5c4nc3c2c1. The van der Waals surface area contributed by atoms with E-state index in [2.05, 4.69) is 12.1 Å². The summed E-state index contributed by atoms with van der Waals surface area (Å²) in [6, 6.07) is 20.2. The molecule has 1 aromatic heterocycles. The van der Waals surface area contributed by atoms with Gasteiger partial charge < -0.3 is 9.47 Å². The summed E-state index contributed by atoms with van der Waals surface area (Å²) in [6.07, 6.45) is 0. The third-order valence-electron chi connectivity index (χ3n) is 4.82. The molecule has 0 bridgehead atoms. The maximum Gasteiger partial charge on any atom is 0.119 e. The van der Waals surface area contributed by atoms with Crippen molar-refractivity contribution in [1.82, 2.24) is 9.97 Å². The maximum atomic E-state index is 5.39. The summed E-state index contributed by atoms with van der Waals surface area (Å²) in [6.45, 7) is 0. The molecule has 26 heavy (non-hydrogen) atoms. The number of hydrogen-bond acceptors (Lipinski definition) is 4. The average Bonchev–Trinajstić information content (AvgIpc) is 2.71. The number of ether oxygens (including phenoxy) is 2. The van der Waals surface area contributed by atoms with Crippen LogP contribution in [0.5, 0.6) is 11.5 Å². The summed E-state index contributed by atoms with van der Waals surface area (Å²) < 4.78 is 10.8. The lowest BCUT2D eigenvalue weighted by molar-refractivity contribution is 0.415. The molecule has 126 valence electrons. The van der Waals surface area contributed by atoms with Gasteiger partial charge in [0.15, 0.2) is 0 Å². The molecule has 0 unspecified atom stereocenters. The van der Waals surface area contributed by atoms with Gasteiger partial charge in [-0.3, -0.25) is 0 Å². The standard InChI is InChI=1S/C22H16N2O2/c1-25-15-7-3-13-5-9-19-21(17(13)11-15)24-22-18-12-16(26-2)8-4-14(18)6-10-20(22)23-19/h3-12H,1-2H3. The fraction of sp³-hybridized carbons (Fsp3) is 0.0909. The molecule has 0 N–H and O–H groups in total. The van der Waals surface area contributed by atoms with Crippen molar-refractivity contribution < 1.29 is 9.47 Å². The second kappa shape index (κ2) is 5.56. The van der Waals surface area contributed by atoms with Gasteiger partial charge in [0.05, 0.1) is 36.3 Å². The minimum atomic E-state index is 0.812. The molecule has 0 aliphatic rings. The van der Waals surface area contributed by atoms with Gasteiger partial charge in [0.2, 0.25) is 0 Å². The highest BCUT2D eigenvalue weighted by Gasteiger charge is 2.10. The zero-order chi connectivity index (χ0) is 17.7. The molecule has 1 heterocycles. The molecule has 0 amide bonds. The number of benzene rings is 4. The Morgan fingerprint density at radius 2 is 1.04 bits per heavy atom. The van der Waals surface area contributed by atoms with E-state index < -0.39 is 0 Å². The van der Waals surface area contributed by atoms with Crippen molar-refractivity contribution in [3.63, 3.8) is 0 Å². The highest BCUT2D eigenvalue weighted by molar-refractivity contribution is 6.11. The first-order valence-electron chi connectivity index (χ1n) is 8.42. The fourth-order valence-corrected chi connectivity index (χ4v) is 3.45. The van der Waals surface area contributed by atoms with Crippen LogP contribution in [0.1, 0.15) is 0 Å². The number of rotatable bonds is 2. The third-order valence-corrected chi connectivity index (χ3v) is 4.82. The smallest absolute Gasteiger partial charge is 0.119 e. The lowest BCUT2D eigenvalue weighted by Gasteiger charge is -2.09. The summed E-state index contributed by atoms with van der Waals surface area (Å²) in [5.41, 5.74) is 3.51. The Labute approximate surface area is 150 Å². The molecule has 0 fully saturated rings. The van der Waals surface area contributed by atoms with E-state index in [0.717, 1.165) is 55.1 Å². The zero-order valence-electron chi connectivity index (χ0n) is 14.5. The highest BCUT2D eigenvalue weighted by Crippen LogP contribution is 2.31. The fourth-order valence-electron chi connectivity index (χ4n) is 3.45. The summed E-state index contributed by atoms with van der Waals surface area (Å²) >= 11 is 0. The Balaban J connectivity index is 1.95. The molecule has 4 heteroatoms. The first-order chi connectivity index (χ1) is 12.8. The van der Waals surface area contributed by atoms with E-state index in [1.54, 1.807) is 14.2 Å². The third kappa shape index (κ3) is 2.15. The van der Waals surface area contributed by atoms with Crippen LogP contribution in [0.2, 0.25) is 0 Å². The topological polar surface area (TPSA) is 44.2 Å². The molecule has 5 aromatic rings. The van der Waals surface area contributed by atoms with Crippen molar-refractivity contribution in [3.05, 3.63) is 60.7 Å². The van der Waals surface area contributed by atoms with E-state index >= 15 is 0 Å². The Kier molecular flexibility index (Phi) is 3.19. The molecular formula is C22H16N2O2. The van der Waals surface area contributed by atoms with Crippen LogP contribution in [0.25, 0.3) is 43.6 Å². The van der Waals surface area contributed by atoms with Crippen molar-refractivity contribution in [2.45, 2.75) is 0 Å². The number of nitrogens with zero attached hydrogens (tertiary/aromatic N) is 2. The largest absolute Gasteiger partial charge is 0.497 e. The van der Waals surface area contributed by atoms with Crippen molar-refractivity contribution >= 4 is 43.6 Å². The zero-order valence-corrected chi connectivity index (χ0v) is 14.5. The summed E-state index contributed by atoms with van der Waals surface area (Å²) in [7, 11) is 3.35. The van der Waals surface area contributed by atoms with E-state index in [9.17, 15) is 0 Å². The maximum absolute atomic E-state index is 5.39. The van der Waals surface area contributed by atoms with Gasteiger partial charge >= 0.3 is 0 Å². The van der Waals surface area contributed by atoms with E-state index in [4.69, 9.17) is 19.4 Å². The Bertz CT molecular complexity index is 1210. The number of hydrogen-bond donors (Lipinski definition) is 0. The van der Waals surface area contributed by atoms with E-state index in [-0.39, 0.29) is 0 Å². The van der Waals surface area contributed by atoms with E-state index in [0.29, 0.717) is 0 Å². The van der Waals surface area contributed by atoms with Crippen LogP contribution < -0.4 is 9.47 Å². The summed E-state index contributed by atoms with van der Waals surface area (Å²) in [4.78, 5) is 9.86.